The van der Waals surface area contributed by atoms with Gasteiger partial charge in [-0.15, -0.1) is 0 Å². The van der Waals surface area contributed by atoms with Crippen molar-refractivity contribution in [3.05, 3.63) is 130 Å². The lowest BCUT2D eigenvalue weighted by atomic mass is 9.78. The smallest absolute Gasteiger partial charge is 0.343 e. The standard InChI is InChI=1S/C33H32O4/c1-5-23-7-11-25(12-8-23)31(34)36-29-19-15-27(16-20-29)33(3,4)28-17-21-30(22-18-28)37-32(35)26-13-9-24(6-2)10-14-26/h7-22H,5-6H2,1-4H3. The van der Waals surface area contributed by atoms with Crippen molar-refractivity contribution < 1.29 is 19.1 Å². The van der Waals surface area contributed by atoms with E-state index < -0.39 is 0 Å². The predicted octanol–water partition coefficient (Wildman–Crippen LogP) is 7.58. The van der Waals surface area contributed by atoms with Gasteiger partial charge in [-0.1, -0.05) is 76.2 Å². The minimum Gasteiger partial charge on any atom is -0.423 e. The maximum Gasteiger partial charge on any atom is 0.343 e. The van der Waals surface area contributed by atoms with Crippen LogP contribution in [0.25, 0.3) is 0 Å². The first-order chi connectivity index (χ1) is 17.8. The van der Waals surface area contributed by atoms with E-state index in [1.54, 1.807) is 24.3 Å². The van der Waals surface area contributed by atoms with Crippen LogP contribution >= 0.6 is 0 Å². The molecular formula is C33H32O4. The molecule has 0 atom stereocenters. The van der Waals surface area contributed by atoms with E-state index in [4.69, 9.17) is 9.47 Å². The maximum atomic E-state index is 12.5. The molecule has 0 bridgehead atoms. The summed E-state index contributed by atoms with van der Waals surface area (Å²) in [5.74, 6) is 0.249. The van der Waals surface area contributed by atoms with E-state index in [2.05, 4.69) is 27.7 Å². The largest absolute Gasteiger partial charge is 0.423 e. The van der Waals surface area contributed by atoms with E-state index in [-0.39, 0.29) is 17.4 Å². The van der Waals surface area contributed by atoms with Crippen molar-refractivity contribution in [2.24, 2.45) is 0 Å². The third-order valence-corrected chi connectivity index (χ3v) is 6.77. The number of carbonyl (C=O) groups is 2. The van der Waals surface area contributed by atoms with Crippen LogP contribution in [0.4, 0.5) is 0 Å². The number of rotatable bonds is 8. The minimum absolute atomic E-state index is 0.308. The lowest BCUT2D eigenvalue weighted by molar-refractivity contribution is 0.0725. The van der Waals surface area contributed by atoms with Crippen LogP contribution < -0.4 is 9.47 Å². The summed E-state index contributed by atoms with van der Waals surface area (Å²) in [7, 11) is 0. The Hall–Kier alpha value is -4.18. The van der Waals surface area contributed by atoms with Crippen LogP contribution in [0.1, 0.15) is 70.7 Å². The molecule has 4 rings (SSSR count). The minimum atomic E-state index is -0.374. The fraction of sp³-hybridized carbons (Fsp3) is 0.212. The Morgan fingerprint density at radius 1 is 0.541 bits per heavy atom. The summed E-state index contributed by atoms with van der Waals surface area (Å²) >= 11 is 0. The number of ether oxygens (including phenoxy) is 2. The Bertz CT molecular complexity index is 1240. The summed E-state index contributed by atoms with van der Waals surface area (Å²) in [4.78, 5) is 25.0. The molecular weight excluding hydrogens is 460 g/mol. The SMILES string of the molecule is CCc1ccc(C(=O)Oc2ccc(C(C)(C)c3ccc(OC(=O)c4ccc(CC)cc4)cc3)cc2)cc1. The number of carbonyl (C=O) groups excluding carboxylic acids is 2. The lowest BCUT2D eigenvalue weighted by Crippen LogP contribution is -2.19. The Kier molecular flexibility index (Phi) is 7.88. The van der Waals surface area contributed by atoms with Crippen LogP contribution in [0.2, 0.25) is 0 Å². The molecule has 0 heterocycles. The van der Waals surface area contributed by atoms with Crippen LogP contribution in [-0.4, -0.2) is 11.9 Å². The highest BCUT2D eigenvalue weighted by molar-refractivity contribution is 5.91. The molecule has 0 spiro atoms. The summed E-state index contributed by atoms with van der Waals surface area (Å²) in [5.41, 5.74) is 5.24. The predicted molar refractivity (Wildman–Crippen MR) is 147 cm³/mol. The molecule has 0 saturated heterocycles. The zero-order valence-electron chi connectivity index (χ0n) is 21.8. The van der Waals surface area contributed by atoms with Gasteiger partial charge in [-0.3, -0.25) is 0 Å². The number of aryl methyl sites for hydroxylation is 2. The van der Waals surface area contributed by atoms with Crippen LogP contribution in [-0.2, 0) is 18.3 Å². The number of hydrogen-bond donors (Lipinski definition) is 0. The normalized spacial score (nSPS) is 11.1. The van der Waals surface area contributed by atoms with Crippen molar-refractivity contribution in [1.82, 2.24) is 0 Å². The van der Waals surface area contributed by atoms with Gasteiger partial charge in [0.1, 0.15) is 11.5 Å². The van der Waals surface area contributed by atoms with Gasteiger partial charge in [-0.05, 0) is 83.6 Å². The molecule has 0 amide bonds. The molecule has 0 unspecified atom stereocenters. The Morgan fingerprint density at radius 3 is 1.16 bits per heavy atom. The van der Waals surface area contributed by atoms with Crippen molar-refractivity contribution >= 4 is 11.9 Å². The molecule has 0 N–H and O–H groups in total. The van der Waals surface area contributed by atoms with Crippen LogP contribution in [0.15, 0.2) is 97.1 Å². The first kappa shape index (κ1) is 25.9. The summed E-state index contributed by atoms with van der Waals surface area (Å²) < 4.78 is 11.1. The van der Waals surface area contributed by atoms with Crippen molar-refractivity contribution in [3.63, 3.8) is 0 Å². The molecule has 0 aromatic heterocycles. The Balaban J connectivity index is 1.41. The second-order valence-electron chi connectivity index (χ2n) is 9.55. The lowest BCUT2D eigenvalue weighted by Gasteiger charge is -2.26. The van der Waals surface area contributed by atoms with E-state index >= 15 is 0 Å². The second-order valence-corrected chi connectivity index (χ2v) is 9.55. The van der Waals surface area contributed by atoms with Crippen molar-refractivity contribution in [2.45, 2.75) is 46.0 Å². The average Bonchev–Trinajstić information content (AvgIpc) is 2.93. The first-order valence-corrected chi connectivity index (χ1v) is 12.6. The molecule has 4 aromatic carbocycles. The Morgan fingerprint density at radius 2 is 0.865 bits per heavy atom. The zero-order chi connectivity index (χ0) is 26.4. The summed E-state index contributed by atoms with van der Waals surface area (Å²) in [6, 6.07) is 30.1. The fourth-order valence-electron chi connectivity index (χ4n) is 4.13. The molecule has 4 nitrogen and oxygen atoms in total. The van der Waals surface area contributed by atoms with E-state index in [1.165, 1.54) is 11.1 Å². The first-order valence-electron chi connectivity index (χ1n) is 12.6. The van der Waals surface area contributed by atoms with Crippen molar-refractivity contribution in [1.29, 1.82) is 0 Å². The molecule has 4 aromatic rings. The number of esters is 2. The molecule has 37 heavy (non-hydrogen) atoms. The second kappa shape index (κ2) is 11.3. The van der Waals surface area contributed by atoms with Gasteiger partial charge in [0.05, 0.1) is 11.1 Å². The summed E-state index contributed by atoms with van der Waals surface area (Å²) in [6.07, 6.45) is 1.85. The van der Waals surface area contributed by atoms with Crippen molar-refractivity contribution in [2.75, 3.05) is 0 Å². The highest BCUT2D eigenvalue weighted by Gasteiger charge is 2.23. The van der Waals surface area contributed by atoms with E-state index in [1.807, 2.05) is 72.8 Å². The molecule has 0 radical (unpaired) electrons. The van der Waals surface area contributed by atoms with E-state index in [0.29, 0.717) is 22.6 Å². The van der Waals surface area contributed by atoms with E-state index in [0.717, 1.165) is 24.0 Å². The average molecular weight is 493 g/mol. The van der Waals surface area contributed by atoms with Crippen LogP contribution in [0.5, 0.6) is 11.5 Å². The maximum absolute atomic E-state index is 12.5. The van der Waals surface area contributed by atoms with Crippen LogP contribution in [0, 0.1) is 0 Å². The number of benzene rings is 4. The van der Waals surface area contributed by atoms with Gasteiger partial charge in [0.25, 0.3) is 0 Å². The molecule has 4 heteroatoms. The van der Waals surface area contributed by atoms with E-state index in [9.17, 15) is 9.59 Å². The Labute approximate surface area is 218 Å². The van der Waals surface area contributed by atoms with Gasteiger partial charge in [-0.25, -0.2) is 9.59 Å². The zero-order valence-corrected chi connectivity index (χ0v) is 21.8. The van der Waals surface area contributed by atoms with Gasteiger partial charge >= 0.3 is 11.9 Å². The third kappa shape index (κ3) is 6.15. The molecule has 0 aliphatic carbocycles. The molecule has 0 aliphatic heterocycles. The number of hydrogen-bond acceptors (Lipinski definition) is 4. The quantitative estimate of drug-likeness (QED) is 0.188. The van der Waals surface area contributed by atoms with Gasteiger partial charge in [0.15, 0.2) is 0 Å². The highest BCUT2D eigenvalue weighted by atomic mass is 16.5. The third-order valence-electron chi connectivity index (χ3n) is 6.77. The van der Waals surface area contributed by atoms with Gasteiger partial charge in [0.2, 0.25) is 0 Å². The molecule has 188 valence electrons. The molecule has 0 saturated carbocycles. The van der Waals surface area contributed by atoms with Crippen molar-refractivity contribution in [3.8, 4) is 11.5 Å². The highest BCUT2D eigenvalue weighted by Crippen LogP contribution is 2.33. The van der Waals surface area contributed by atoms with Crippen LogP contribution in [0.3, 0.4) is 0 Å². The van der Waals surface area contributed by atoms with Gasteiger partial charge < -0.3 is 9.47 Å². The summed E-state index contributed by atoms with van der Waals surface area (Å²) in [5, 5.41) is 0. The van der Waals surface area contributed by atoms with Gasteiger partial charge in [-0.2, -0.15) is 0 Å². The molecule has 0 aliphatic rings. The van der Waals surface area contributed by atoms with Gasteiger partial charge in [0, 0.05) is 5.41 Å². The summed E-state index contributed by atoms with van der Waals surface area (Å²) in [6.45, 7) is 8.40. The topological polar surface area (TPSA) is 52.6 Å². The fourth-order valence-corrected chi connectivity index (χ4v) is 4.13. The monoisotopic (exact) mass is 492 g/mol. The molecule has 0 fully saturated rings.